The minimum absolute atomic E-state index is 0.186. The lowest BCUT2D eigenvalue weighted by molar-refractivity contribution is -0.116. The number of fused-ring (bicyclic) bond motifs is 1. The third-order valence-corrected chi connectivity index (χ3v) is 5.01. The van der Waals surface area contributed by atoms with E-state index in [1.54, 1.807) is 0 Å². The highest BCUT2D eigenvalue weighted by molar-refractivity contribution is 7.98. The van der Waals surface area contributed by atoms with Crippen molar-refractivity contribution in [2.75, 3.05) is 11.6 Å². The molecule has 0 spiro atoms. The van der Waals surface area contributed by atoms with Gasteiger partial charge in [-0.25, -0.2) is 4.68 Å². The number of carbonyl (C=O) groups excluding carboxylic acids is 1. The average Bonchev–Trinajstić information content (AvgIpc) is 2.97. The van der Waals surface area contributed by atoms with Gasteiger partial charge in [-0.05, 0) is 36.8 Å². The second-order valence-corrected chi connectivity index (χ2v) is 6.82. The van der Waals surface area contributed by atoms with E-state index in [0.29, 0.717) is 22.5 Å². The van der Waals surface area contributed by atoms with Crippen molar-refractivity contribution in [2.24, 2.45) is 0 Å². The van der Waals surface area contributed by atoms with Gasteiger partial charge in [0.1, 0.15) is 6.04 Å². The molecular weight excluding hydrogens is 332 g/mol. The Morgan fingerprint density at radius 3 is 2.83 bits per heavy atom. The summed E-state index contributed by atoms with van der Waals surface area (Å²) in [7, 11) is 0. The molecule has 2 aromatic rings. The molecule has 7 heteroatoms. The number of hydrogen-bond acceptors (Lipinski definition) is 5. The number of allylic oxidation sites excluding steroid dienone is 2. The number of rotatable bonds is 2. The highest BCUT2D eigenvalue weighted by Gasteiger charge is 2.36. The number of carbonyl (C=O) groups is 1. The maximum Gasteiger partial charge on any atom is 0.227 e. The highest BCUT2D eigenvalue weighted by atomic mass is 35.5. The van der Waals surface area contributed by atoms with Crippen molar-refractivity contribution in [3.63, 3.8) is 0 Å². The van der Waals surface area contributed by atoms with Crippen molar-refractivity contribution in [1.82, 2.24) is 14.8 Å². The molecule has 4 rings (SSSR count). The number of aromatic nitrogens is 3. The summed E-state index contributed by atoms with van der Waals surface area (Å²) in [5.74, 6) is 0.883. The van der Waals surface area contributed by atoms with Crippen LogP contribution in [-0.4, -0.2) is 26.8 Å². The van der Waals surface area contributed by atoms with Crippen LogP contribution in [0, 0.1) is 0 Å². The normalized spacial score (nSPS) is 20.1. The predicted molar refractivity (Wildman–Crippen MR) is 90.9 cm³/mol. The molecule has 5 nitrogen and oxygen atoms in total. The second kappa shape index (κ2) is 5.69. The Morgan fingerprint density at radius 1 is 1.30 bits per heavy atom. The Bertz CT molecular complexity index is 812. The first kappa shape index (κ1) is 14.8. The lowest BCUT2D eigenvalue weighted by Gasteiger charge is -2.32. The zero-order valence-corrected chi connectivity index (χ0v) is 14.1. The Kier molecular flexibility index (Phi) is 3.66. The molecule has 0 bridgehead atoms. The van der Waals surface area contributed by atoms with Gasteiger partial charge in [0.2, 0.25) is 11.1 Å². The molecule has 0 amide bonds. The molecule has 1 atom stereocenters. The summed E-state index contributed by atoms with van der Waals surface area (Å²) in [4.78, 5) is 17.1. The fourth-order valence-corrected chi connectivity index (χ4v) is 3.65. The van der Waals surface area contributed by atoms with Crippen LogP contribution in [0.1, 0.15) is 30.9 Å². The summed E-state index contributed by atoms with van der Waals surface area (Å²) in [6.07, 6.45) is 4.27. The summed E-state index contributed by atoms with van der Waals surface area (Å²) in [5.41, 5.74) is 2.79. The molecular formula is C16H15ClN4OS. The van der Waals surface area contributed by atoms with Gasteiger partial charge < -0.3 is 5.32 Å². The summed E-state index contributed by atoms with van der Waals surface area (Å²) >= 11 is 7.50. The van der Waals surface area contributed by atoms with Crippen LogP contribution < -0.4 is 5.32 Å². The van der Waals surface area contributed by atoms with Gasteiger partial charge in [0.25, 0.3) is 0 Å². The monoisotopic (exact) mass is 346 g/mol. The number of Topliss-reactive ketones (excluding diaryl/α,β-unsaturated/α-hetero) is 1. The van der Waals surface area contributed by atoms with Gasteiger partial charge in [-0.15, -0.1) is 5.10 Å². The summed E-state index contributed by atoms with van der Waals surface area (Å²) in [5, 5.41) is 9.24. The molecule has 23 heavy (non-hydrogen) atoms. The van der Waals surface area contributed by atoms with Crippen LogP contribution in [0.4, 0.5) is 5.95 Å². The molecule has 118 valence electrons. The van der Waals surface area contributed by atoms with E-state index in [9.17, 15) is 4.79 Å². The maximum atomic E-state index is 12.6. The largest absolute Gasteiger partial charge is 0.328 e. The van der Waals surface area contributed by atoms with E-state index in [-0.39, 0.29) is 11.8 Å². The number of anilines is 1. The highest BCUT2D eigenvalue weighted by Crippen LogP contribution is 2.40. The first-order valence-corrected chi connectivity index (χ1v) is 9.07. The van der Waals surface area contributed by atoms with Gasteiger partial charge in [0, 0.05) is 22.7 Å². The van der Waals surface area contributed by atoms with E-state index in [1.165, 1.54) is 11.8 Å². The van der Waals surface area contributed by atoms with Gasteiger partial charge in [-0.2, -0.15) is 4.98 Å². The average molecular weight is 347 g/mol. The van der Waals surface area contributed by atoms with Crippen LogP contribution in [-0.2, 0) is 4.79 Å². The number of benzene rings is 1. The van der Waals surface area contributed by atoms with Crippen LogP contribution >= 0.6 is 23.4 Å². The molecule has 0 saturated heterocycles. The Hall–Kier alpha value is -1.79. The molecule has 0 saturated carbocycles. The number of nitrogens with one attached hydrogen (secondary N) is 1. The van der Waals surface area contributed by atoms with Gasteiger partial charge >= 0.3 is 0 Å². The molecule has 2 aliphatic rings. The van der Waals surface area contributed by atoms with Crippen LogP contribution in [0.5, 0.6) is 0 Å². The third kappa shape index (κ3) is 2.46. The minimum Gasteiger partial charge on any atom is -0.328 e. The zero-order chi connectivity index (χ0) is 16.0. The van der Waals surface area contributed by atoms with Crippen LogP contribution in [0.15, 0.2) is 40.7 Å². The van der Waals surface area contributed by atoms with E-state index >= 15 is 0 Å². The first-order chi connectivity index (χ1) is 11.2. The number of hydrogen-bond donors (Lipinski definition) is 1. The Labute approximate surface area is 143 Å². The van der Waals surface area contributed by atoms with Crippen LogP contribution in [0.3, 0.4) is 0 Å². The Balaban J connectivity index is 1.90. The van der Waals surface area contributed by atoms with Crippen LogP contribution in [0.2, 0.25) is 5.02 Å². The topological polar surface area (TPSA) is 59.8 Å². The predicted octanol–water partition coefficient (Wildman–Crippen LogP) is 3.68. The van der Waals surface area contributed by atoms with E-state index in [0.717, 1.165) is 29.7 Å². The van der Waals surface area contributed by atoms with Gasteiger partial charge in [0.05, 0.1) is 0 Å². The first-order valence-electron chi connectivity index (χ1n) is 7.46. The zero-order valence-electron chi connectivity index (χ0n) is 12.5. The fourth-order valence-electron chi connectivity index (χ4n) is 3.18. The number of nitrogens with zero attached hydrogens (tertiary/aromatic N) is 3. The van der Waals surface area contributed by atoms with Crippen molar-refractivity contribution < 1.29 is 4.79 Å². The number of thioether (sulfide) groups is 1. The minimum atomic E-state index is -0.236. The van der Waals surface area contributed by atoms with E-state index in [1.807, 2.05) is 35.2 Å². The summed E-state index contributed by atoms with van der Waals surface area (Å²) in [6, 6.07) is 7.36. The van der Waals surface area contributed by atoms with Crippen molar-refractivity contribution in [2.45, 2.75) is 30.5 Å². The Morgan fingerprint density at radius 2 is 2.09 bits per heavy atom. The van der Waals surface area contributed by atoms with E-state index in [2.05, 4.69) is 15.4 Å². The van der Waals surface area contributed by atoms with E-state index in [4.69, 9.17) is 11.6 Å². The summed E-state index contributed by atoms with van der Waals surface area (Å²) < 4.78 is 1.82. The molecule has 1 aliphatic carbocycles. The molecule has 1 N–H and O–H groups in total. The van der Waals surface area contributed by atoms with Gasteiger partial charge in [0.15, 0.2) is 5.78 Å². The van der Waals surface area contributed by atoms with Crippen molar-refractivity contribution >= 4 is 35.1 Å². The standard InChI is InChI=1S/C16H15ClN4OS/c1-23-16-19-15-18-11-3-2-4-12(22)13(11)14(21(15)20-16)9-5-7-10(17)8-6-9/h5-8,14H,2-4H2,1H3,(H,18,19,20). The molecule has 1 aromatic heterocycles. The second-order valence-electron chi connectivity index (χ2n) is 5.61. The molecule has 2 heterocycles. The molecule has 0 radical (unpaired) electrons. The van der Waals surface area contributed by atoms with Gasteiger partial charge in [-0.1, -0.05) is 35.5 Å². The smallest absolute Gasteiger partial charge is 0.227 e. The number of halogens is 1. The van der Waals surface area contributed by atoms with Crippen LogP contribution in [0.25, 0.3) is 0 Å². The molecule has 1 unspecified atom stereocenters. The van der Waals surface area contributed by atoms with Crippen molar-refractivity contribution in [3.05, 3.63) is 46.1 Å². The van der Waals surface area contributed by atoms with Crippen molar-refractivity contribution in [3.8, 4) is 0 Å². The quantitative estimate of drug-likeness (QED) is 0.840. The van der Waals surface area contributed by atoms with E-state index < -0.39 is 0 Å². The SMILES string of the molecule is CSc1nc2n(n1)C(c1ccc(Cl)cc1)C1=C(CCCC1=O)N2. The molecule has 0 fully saturated rings. The lowest BCUT2D eigenvalue weighted by Crippen LogP contribution is -2.31. The third-order valence-electron chi connectivity index (χ3n) is 4.22. The molecule has 1 aromatic carbocycles. The molecule has 1 aliphatic heterocycles. The summed E-state index contributed by atoms with van der Waals surface area (Å²) in [6.45, 7) is 0. The number of ketones is 1. The fraction of sp³-hybridized carbons (Fsp3) is 0.312. The van der Waals surface area contributed by atoms with Gasteiger partial charge in [-0.3, -0.25) is 4.79 Å². The van der Waals surface area contributed by atoms with Crippen molar-refractivity contribution in [1.29, 1.82) is 0 Å². The maximum absolute atomic E-state index is 12.6. The lowest BCUT2D eigenvalue weighted by atomic mass is 9.85.